The highest BCUT2D eigenvalue weighted by Crippen LogP contribution is 2.20. The number of rotatable bonds is 7. The number of hydrogen-bond acceptors (Lipinski definition) is 4. The molecule has 2 aromatic carbocycles. The van der Waals surface area contributed by atoms with Gasteiger partial charge in [0, 0.05) is 23.5 Å². The van der Waals surface area contributed by atoms with Crippen molar-refractivity contribution in [1.29, 1.82) is 0 Å². The highest BCUT2D eigenvalue weighted by molar-refractivity contribution is 6.05. The van der Waals surface area contributed by atoms with Crippen molar-refractivity contribution in [3.8, 4) is 5.75 Å². The summed E-state index contributed by atoms with van der Waals surface area (Å²) in [6, 6.07) is 12.5. The number of amides is 1. The third-order valence-electron chi connectivity index (χ3n) is 3.31. The maximum Gasteiger partial charge on any atom is 0.255 e. The lowest BCUT2D eigenvalue weighted by Crippen LogP contribution is -2.13. The molecule has 0 aliphatic carbocycles. The van der Waals surface area contributed by atoms with Crippen molar-refractivity contribution in [1.82, 2.24) is 0 Å². The minimum atomic E-state index is -0.200. The van der Waals surface area contributed by atoms with Crippen molar-refractivity contribution in [2.75, 3.05) is 30.9 Å². The first-order chi connectivity index (χ1) is 11.1. The maximum absolute atomic E-state index is 12.4. The maximum atomic E-state index is 12.4. The second-order valence-corrected chi connectivity index (χ2v) is 5.10. The SMILES string of the molecule is CCOCCOc1cccc(C(=O)Nc2cc(N)ccc2C)c1. The molecule has 0 saturated carbocycles. The Bertz CT molecular complexity index is 671. The van der Waals surface area contributed by atoms with Gasteiger partial charge in [0.1, 0.15) is 12.4 Å². The quantitative estimate of drug-likeness (QED) is 0.608. The topological polar surface area (TPSA) is 73.6 Å². The van der Waals surface area contributed by atoms with E-state index in [4.69, 9.17) is 15.2 Å². The second kappa shape index (κ2) is 8.19. The number of carbonyl (C=O) groups is 1. The van der Waals surface area contributed by atoms with E-state index in [1.165, 1.54) is 0 Å². The molecule has 3 N–H and O–H groups in total. The molecule has 5 heteroatoms. The van der Waals surface area contributed by atoms with Crippen LogP contribution >= 0.6 is 0 Å². The molecule has 0 unspecified atom stereocenters. The molecule has 0 aromatic heterocycles. The van der Waals surface area contributed by atoms with Crippen molar-refractivity contribution in [2.24, 2.45) is 0 Å². The Labute approximate surface area is 136 Å². The summed E-state index contributed by atoms with van der Waals surface area (Å²) in [5.41, 5.74) is 8.56. The van der Waals surface area contributed by atoms with Gasteiger partial charge in [0.15, 0.2) is 0 Å². The number of nitrogen functional groups attached to an aromatic ring is 1. The average molecular weight is 314 g/mol. The van der Waals surface area contributed by atoms with Gasteiger partial charge in [0.2, 0.25) is 0 Å². The molecule has 0 spiro atoms. The van der Waals surface area contributed by atoms with Crippen molar-refractivity contribution >= 4 is 17.3 Å². The lowest BCUT2D eigenvalue weighted by molar-refractivity contribution is 0.102. The Kier molecular flexibility index (Phi) is 6.00. The molecular formula is C18H22N2O3. The predicted octanol–water partition coefficient (Wildman–Crippen LogP) is 3.24. The lowest BCUT2D eigenvalue weighted by Gasteiger charge is -2.11. The van der Waals surface area contributed by atoms with Crippen LogP contribution in [0.3, 0.4) is 0 Å². The van der Waals surface area contributed by atoms with E-state index in [0.29, 0.717) is 42.5 Å². The van der Waals surface area contributed by atoms with E-state index >= 15 is 0 Å². The van der Waals surface area contributed by atoms with Crippen LogP contribution in [0.5, 0.6) is 5.75 Å². The summed E-state index contributed by atoms with van der Waals surface area (Å²) in [6.07, 6.45) is 0. The molecular weight excluding hydrogens is 292 g/mol. The first kappa shape index (κ1) is 16.8. The van der Waals surface area contributed by atoms with Crippen LogP contribution in [0.15, 0.2) is 42.5 Å². The molecule has 0 bridgehead atoms. The number of hydrogen-bond donors (Lipinski definition) is 2. The zero-order valence-electron chi connectivity index (χ0n) is 13.5. The molecule has 0 aliphatic rings. The largest absolute Gasteiger partial charge is 0.491 e. The van der Waals surface area contributed by atoms with E-state index in [-0.39, 0.29) is 5.91 Å². The van der Waals surface area contributed by atoms with Gasteiger partial charge in [0.05, 0.1) is 6.61 Å². The highest BCUT2D eigenvalue weighted by atomic mass is 16.5. The number of benzene rings is 2. The van der Waals surface area contributed by atoms with Crippen LogP contribution in [0.4, 0.5) is 11.4 Å². The van der Waals surface area contributed by atoms with Crippen LogP contribution in [0, 0.1) is 6.92 Å². The molecule has 0 radical (unpaired) electrons. The fraction of sp³-hybridized carbons (Fsp3) is 0.278. The summed E-state index contributed by atoms with van der Waals surface area (Å²) < 4.78 is 10.8. The van der Waals surface area contributed by atoms with Gasteiger partial charge in [-0.3, -0.25) is 4.79 Å². The van der Waals surface area contributed by atoms with Gasteiger partial charge in [-0.05, 0) is 49.7 Å². The zero-order valence-corrected chi connectivity index (χ0v) is 13.5. The molecule has 23 heavy (non-hydrogen) atoms. The summed E-state index contributed by atoms with van der Waals surface area (Å²) in [4.78, 5) is 12.4. The Hall–Kier alpha value is -2.53. The number of carbonyl (C=O) groups excluding carboxylic acids is 1. The average Bonchev–Trinajstić information content (AvgIpc) is 2.55. The van der Waals surface area contributed by atoms with E-state index in [9.17, 15) is 4.79 Å². The molecule has 5 nitrogen and oxygen atoms in total. The number of aryl methyl sites for hydroxylation is 1. The van der Waals surface area contributed by atoms with E-state index in [1.807, 2.05) is 26.0 Å². The normalized spacial score (nSPS) is 10.3. The Morgan fingerprint density at radius 3 is 2.78 bits per heavy atom. The van der Waals surface area contributed by atoms with Gasteiger partial charge in [0.25, 0.3) is 5.91 Å². The first-order valence-electron chi connectivity index (χ1n) is 7.58. The fourth-order valence-corrected chi connectivity index (χ4v) is 2.06. The van der Waals surface area contributed by atoms with E-state index < -0.39 is 0 Å². The van der Waals surface area contributed by atoms with Crippen LogP contribution < -0.4 is 15.8 Å². The molecule has 2 rings (SSSR count). The summed E-state index contributed by atoms with van der Waals surface area (Å²) in [6.45, 7) is 5.49. The Morgan fingerprint density at radius 1 is 1.17 bits per heavy atom. The summed E-state index contributed by atoms with van der Waals surface area (Å²) in [5, 5.41) is 2.87. The van der Waals surface area contributed by atoms with Gasteiger partial charge in [-0.15, -0.1) is 0 Å². The van der Waals surface area contributed by atoms with Crippen molar-refractivity contribution < 1.29 is 14.3 Å². The van der Waals surface area contributed by atoms with Crippen LogP contribution in [0.2, 0.25) is 0 Å². The summed E-state index contributed by atoms with van der Waals surface area (Å²) in [5.74, 6) is 0.440. The monoisotopic (exact) mass is 314 g/mol. The molecule has 0 fully saturated rings. The van der Waals surface area contributed by atoms with Crippen molar-refractivity contribution in [2.45, 2.75) is 13.8 Å². The van der Waals surface area contributed by atoms with Crippen LogP contribution in [-0.2, 0) is 4.74 Å². The van der Waals surface area contributed by atoms with Gasteiger partial charge in [-0.2, -0.15) is 0 Å². The molecule has 0 heterocycles. The number of nitrogens with two attached hydrogens (primary N) is 1. The van der Waals surface area contributed by atoms with E-state index in [0.717, 1.165) is 5.56 Å². The van der Waals surface area contributed by atoms with Crippen LogP contribution in [0.25, 0.3) is 0 Å². The predicted molar refractivity (Wildman–Crippen MR) is 92.0 cm³/mol. The lowest BCUT2D eigenvalue weighted by atomic mass is 10.1. The molecule has 122 valence electrons. The molecule has 0 saturated heterocycles. The number of ether oxygens (including phenoxy) is 2. The first-order valence-corrected chi connectivity index (χ1v) is 7.58. The Balaban J connectivity index is 2.03. The third-order valence-corrected chi connectivity index (χ3v) is 3.31. The van der Waals surface area contributed by atoms with Crippen LogP contribution in [0.1, 0.15) is 22.8 Å². The fourth-order valence-electron chi connectivity index (χ4n) is 2.06. The third kappa shape index (κ3) is 5.00. The molecule has 2 aromatic rings. The zero-order chi connectivity index (χ0) is 16.7. The molecule has 0 atom stereocenters. The van der Waals surface area contributed by atoms with Gasteiger partial charge in [-0.25, -0.2) is 0 Å². The van der Waals surface area contributed by atoms with Crippen molar-refractivity contribution in [3.63, 3.8) is 0 Å². The minimum Gasteiger partial charge on any atom is -0.491 e. The highest BCUT2D eigenvalue weighted by Gasteiger charge is 2.09. The van der Waals surface area contributed by atoms with Crippen molar-refractivity contribution in [3.05, 3.63) is 53.6 Å². The minimum absolute atomic E-state index is 0.200. The van der Waals surface area contributed by atoms with Gasteiger partial charge >= 0.3 is 0 Å². The number of nitrogens with one attached hydrogen (secondary N) is 1. The van der Waals surface area contributed by atoms with E-state index in [2.05, 4.69) is 5.32 Å². The van der Waals surface area contributed by atoms with E-state index in [1.54, 1.807) is 30.3 Å². The van der Waals surface area contributed by atoms with Gasteiger partial charge < -0.3 is 20.5 Å². The summed E-state index contributed by atoms with van der Waals surface area (Å²) >= 11 is 0. The van der Waals surface area contributed by atoms with Gasteiger partial charge in [-0.1, -0.05) is 12.1 Å². The molecule has 0 aliphatic heterocycles. The second-order valence-electron chi connectivity index (χ2n) is 5.10. The number of anilines is 2. The standard InChI is InChI=1S/C18H22N2O3/c1-3-22-9-10-23-16-6-4-5-14(11-16)18(21)20-17-12-15(19)8-7-13(17)2/h4-8,11-12H,3,9-10,19H2,1-2H3,(H,20,21). The summed E-state index contributed by atoms with van der Waals surface area (Å²) in [7, 11) is 0. The smallest absolute Gasteiger partial charge is 0.255 e. The molecule has 1 amide bonds. The Morgan fingerprint density at radius 2 is 2.00 bits per heavy atom. The van der Waals surface area contributed by atoms with Crippen LogP contribution in [-0.4, -0.2) is 25.7 Å².